The molecule has 6 nitrogen and oxygen atoms in total. The molecule has 7 heteroatoms. The summed E-state index contributed by atoms with van der Waals surface area (Å²) in [6.07, 6.45) is 1.86. The van der Waals surface area contributed by atoms with Crippen molar-refractivity contribution < 1.29 is 9.47 Å². The zero-order chi connectivity index (χ0) is 20.6. The number of pyridine rings is 1. The molecule has 1 heterocycles. The Kier molecular flexibility index (Phi) is 7.25. The van der Waals surface area contributed by atoms with E-state index in [0.717, 1.165) is 34.3 Å². The Balaban J connectivity index is 1.91. The lowest BCUT2D eigenvalue weighted by atomic mass is 10.1. The fraction of sp³-hybridized carbons (Fsp3) is 0.273. The molecule has 0 spiro atoms. The molecule has 0 amide bonds. The maximum Gasteiger partial charge on any atom is 0.137 e. The molecule has 0 radical (unpaired) electrons. The highest BCUT2D eigenvalue weighted by Gasteiger charge is 2.11. The summed E-state index contributed by atoms with van der Waals surface area (Å²) in [5.74, 6) is 0.645. The molecule has 0 saturated carbocycles. The number of anilines is 1. The summed E-state index contributed by atoms with van der Waals surface area (Å²) in [6, 6.07) is 13.4. The summed E-state index contributed by atoms with van der Waals surface area (Å²) < 4.78 is 10.3. The van der Waals surface area contributed by atoms with E-state index in [4.69, 9.17) is 21.1 Å². The van der Waals surface area contributed by atoms with Crippen molar-refractivity contribution >= 4 is 28.2 Å². The number of aromatic nitrogens is 1. The largest absolute Gasteiger partial charge is 0.495 e. The average Bonchev–Trinajstić information content (AvgIpc) is 2.75. The van der Waals surface area contributed by atoms with Crippen LogP contribution in [0.2, 0.25) is 5.02 Å². The first-order valence-electron chi connectivity index (χ1n) is 9.24. The van der Waals surface area contributed by atoms with Gasteiger partial charge in [0.05, 0.1) is 35.9 Å². The summed E-state index contributed by atoms with van der Waals surface area (Å²) in [5, 5.41) is 17.6. The Labute approximate surface area is 175 Å². The minimum absolute atomic E-state index is 0.569. The molecule has 2 aromatic carbocycles. The molecule has 0 unspecified atom stereocenters. The first-order chi connectivity index (χ1) is 14.2. The number of hydrogen-bond acceptors (Lipinski definition) is 6. The third-order valence-electron chi connectivity index (χ3n) is 4.56. The number of benzene rings is 2. The van der Waals surface area contributed by atoms with Gasteiger partial charge in [-0.15, -0.1) is 0 Å². The van der Waals surface area contributed by atoms with Crippen LogP contribution in [-0.4, -0.2) is 32.4 Å². The molecular weight excluding hydrogens is 388 g/mol. The van der Waals surface area contributed by atoms with Crippen LogP contribution in [0.4, 0.5) is 5.69 Å². The van der Waals surface area contributed by atoms with Gasteiger partial charge in [-0.2, -0.15) is 5.26 Å². The molecule has 0 bridgehead atoms. The van der Waals surface area contributed by atoms with Crippen LogP contribution in [0.25, 0.3) is 10.9 Å². The average molecular weight is 411 g/mol. The molecule has 29 heavy (non-hydrogen) atoms. The topological polar surface area (TPSA) is 79.2 Å². The van der Waals surface area contributed by atoms with Gasteiger partial charge in [0.15, 0.2) is 0 Å². The summed E-state index contributed by atoms with van der Waals surface area (Å²) >= 11 is 6.25. The molecular formula is C22H23ClN4O2. The van der Waals surface area contributed by atoms with E-state index in [-0.39, 0.29) is 0 Å². The lowest BCUT2D eigenvalue weighted by Crippen LogP contribution is -2.19. The summed E-state index contributed by atoms with van der Waals surface area (Å²) in [4.78, 5) is 4.55. The Bertz CT molecular complexity index is 1030. The van der Waals surface area contributed by atoms with Gasteiger partial charge in [-0.05, 0) is 35.9 Å². The molecule has 0 aliphatic heterocycles. The van der Waals surface area contributed by atoms with E-state index < -0.39 is 0 Å². The van der Waals surface area contributed by atoms with Gasteiger partial charge < -0.3 is 20.1 Å². The second-order valence-corrected chi connectivity index (χ2v) is 6.90. The zero-order valence-corrected chi connectivity index (χ0v) is 17.2. The Morgan fingerprint density at radius 3 is 2.72 bits per heavy atom. The van der Waals surface area contributed by atoms with Crippen LogP contribution in [0.15, 0.2) is 42.6 Å². The summed E-state index contributed by atoms with van der Waals surface area (Å²) in [5.41, 5.74) is 4.42. The van der Waals surface area contributed by atoms with Gasteiger partial charge in [0.25, 0.3) is 0 Å². The third-order valence-corrected chi connectivity index (χ3v) is 4.85. The minimum atomic E-state index is 0.569. The highest BCUT2D eigenvalue weighted by molar-refractivity contribution is 6.32. The Hall–Kier alpha value is -2.85. The first kappa shape index (κ1) is 20.9. The molecule has 2 N–H and O–H groups in total. The highest BCUT2D eigenvalue weighted by atomic mass is 35.5. The van der Waals surface area contributed by atoms with Crippen LogP contribution in [0.3, 0.4) is 0 Å². The number of nitriles is 1. The van der Waals surface area contributed by atoms with E-state index in [0.29, 0.717) is 36.0 Å². The molecule has 3 rings (SSSR count). The lowest BCUT2D eigenvalue weighted by Gasteiger charge is -2.16. The number of fused-ring (bicyclic) bond motifs is 1. The Morgan fingerprint density at radius 2 is 2.00 bits per heavy atom. The number of ether oxygens (including phenoxy) is 2. The molecule has 0 atom stereocenters. The van der Waals surface area contributed by atoms with Gasteiger partial charge in [0, 0.05) is 49.6 Å². The highest BCUT2D eigenvalue weighted by Crippen LogP contribution is 2.29. The van der Waals surface area contributed by atoms with E-state index in [1.807, 2.05) is 36.5 Å². The van der Waals surface area contributed by atoms with Gasteiger partial charge >= 0.3 is 0 Å². The molecule has 0 saturated heterocycles. The van der Waals surface area contributed by atoms with Gasteiger partial charge in [0.1, 0.15) is 5.75 Å². The van der Waals surface area contributed by atoms with Crippen molar-refractivity contribution in [3.8, 4) is 11.8 Å². The maximum atomic E-state index is 9.30. The molecule has 1 aromatic heterocycles. The van der Waals surface area contributed by atoms with Crippen LogP contribution >= 0.6 is 11.6 Å². The molecule has 0 aliphatic rings. The number of halogens is 1. The van der Waals surface area contributed by atoms with E-state index in [2.05, 4.69) is 21.7 Å². The zero-order valence-electron chi connectivity index (χ0n) is 16.5. The maximum absolute atomic E-state index is 9.30. The molecule has 150 valence electrons. The first-order valence-corrected chi connectivity index (χ1v) is 9.61. The van der Waals surface area contributed by atoms with Crippen LogP contribution in [0.5, 0.6) is 5.75 Å². The monoisotopic (exact) mass is 410 g/mol. The normalized spacial score (nSPS) is 10.7. The molecule has 3 aromatic rings. The number of methoxy groups -OCH3 is 2. The molecule has 0 aliphatic carbocycles. The predicted octanol–water partition coefficient (Wildman–Crippen LogP) is 4.12. The second-order valence-electron chi connectivity index (χ2n) is 6.49. The van der Waals surface area contributed by atoms with E-state index in [1.165, 1.54) is 0 Å². The standard InChI is InChI=1S/C22H23ClN4O2/c1-28-8-7-25-13-17-14-26-20-5-3-15(11-24)9-18(20)22(17)27-12-16-4-6-21(29-2)19(23)10-16/h3-6,9-10,14,25H,7-8,12-13H2,1-2H3,(H,26,27). The summed E-state index contributed by atoms with van der Waals surface area (Å²) in [6.45, 7) is 2.58. The van der Waals surface area contributed by atoms with Gasteiger partial charge in [-0.25, -0.2) is 0 Å². The van der Waals surface area contributed by atoms with E-state index in [1.54, 1.807) is 20.3 Å². The minimum Gasteiger partial charge on any atom is -0.495 e. The third kappa shape index (κ3) is 5.15. The number of hydrogen-bond donors (Lipinski definition) is 2. The fourth-order valence-electron chi connectivity index (χ4n) is 3.05. The SMILES string of the molecule is COCCNCc1cnc2ccc(C#N)cc2c1NCc1ccc(OC)c(Cl)c1. The van der Waals surface area contributed by atoms with Crippen LogP contribution < -0.4 is 15.4 Å². The number of nitrogens with one attached hydrogen (secondary N) is 2. The van der Waals surface area contributed by atoms with Gasteiger partial charge in [-0.3, -0.25) is 4.98 Å². The lowest BCUT2D eigenvalue weighted by molar-refractivity contribution is 0.199. The van der Waals surface area contributed by atoms with Crippen molar-refractivity contribution in [1.82, 2.24) is 10.3 Å². The summed E-state index contributed by atoms with van der Waals surface area (Å²) in [7, 11) is 3.27. The van der Waals surface area contributed by atoms with Crippen molar-refractivity contribution in [3.63, 3.8) is 0 Å². The van der Waals surface area contributed by atoms with Crippen LogP contribution in [-0.2, 0) is 17.8 Å². The van der Waals surface area contributed by atoms with Gasteiger partial charge in [0.2, 0.25) is 0 Å². The van der Waals surface area contributed by atoms with Crippen molar-refractivity contribution in [2.24, 2.45) is 0 Å². The van der Waals surface area contributed by atoms with Crippen LogP contribution in [0, 0.1) is 11.3 Å². The second kappa shape index (κ2) is 10.1. The van der Waals surface area contributed by atoms with Gasteiger partial charge in [-0.1, -0.05) is 17.7 Å². The van der Waals surface area contributed by atoms with Crippen LogP contribution in [0.1, 0.15) is 16.7 Å². The molecule has 0 fully saturated rings. The quantitative estimate of drug-likeness (QED) is 0.516. The van der Waals surface area contributed by atoms with Crippen molar-refractivity contribution in [2.75, 3.05) is 32.7 Å². The van der Waals surface area contributed by atoms with Crippen molar-refractivity contribution in [1.29, 1.82) is 5.26 Å². The smallest absolute Gasteiger partial charge is 0.137 e. The number of rotatable bonds is 9. The number of nitrogens with zero attached hydrogens (tertiary/aromatic N) is 2. The van der Waals surface area contributed by atoms with E-state index >= 15 is 0 Å². The van der Waals surface area contributed by atoms with E-state index in [9.17, 15) is 5.26 Å². The Morgan fingerprint density at radius 1 is 1.14 bits per heavy atom. The van der Waals surface area contributed by atoms with Crippen molar-refractivity contribution in [3.05, 3.63) is 64.3 Å². The predicted molar refractivity (Wildman–Crippen MR) is 115 cm³/mol. The van der Waals surface area contributed by atoms with Crippen molar-refractivity contribution in [2.45, 2.75) is 13.1 Å². The fourth-order valence-corrected chi connectivity index (χ4v) is 3.33.